The van der Waals surface area contributed by atoms with Gasteiger partial charge in [-0.1, -0.05) is 37.3 Å². The molecule has 0 spiro atoms. The number of amides is 1. The van der Waals surface area contributed by atoms with Crippen LogP contribution in [0.15, 0.2) is 67.1 Å². The predicted molar refractivity (Wildman–Crippen MR) is 107 cm³/mol. The highest BCUT2D eigenvalue weighted by Gasteiger charge is 2.13. The first-order valence-corrected chi connectivity index (χ1v) is 9.00. The molecule has 0 radical (unpaired) electrons. The van der Waals surface area contributed by atoms with Crippen molar-refractivity contribution in [3.05, 3.63) is 72.7 Å². The third-order valence-electron chi connectivity index (χ3n) is 4.32. The summed E-state index contributed by atoms with van der Waals surface area (Å²) in [6.07, 6.45) is 4.00. The number of anilines is 1. The largest absolute Gasteiger partial charge is 0.467 e. The van der Waals surface area contributed by atoms with Crippen LogP contribution in [0.2, 0.25) is 0 Å². The monoisotopic (exact) mass is 373 g/mol. The second-order valence-corrected chi connectivity index (χ2v) is 6.20. The molecule has 1 amide bonds. The lowest BCUT2D eigenvalue weighted by atomic mass is 10.1. The molecule has 0 fully saturated rings. The van der Waals surface area contributed by atoms with Crippen molar-refractivity contribution in [1.29, 1.82) is 0 Å². The minimum atomic E-state index is -0.258. The molecule has 7 heteroatoms. The van der Waals surface area contributed by atoms with Gasteiger partial charge in [-0.05, 0) is 36.2 Å². The highest BCUT2D eigenvalue weighted by Crippen LogP contribution is 2.23. The number of benzene rings is 2. The summed E-state index contributed by atoms with van der Waals surface area (Å²) in [5.41, 5.74) is 3.45. The SMILES string of the molecule is CCc1ccc(NC(=O)COc2ncnc3c2cnn3-c2ccccc2)cc1. The molecule has 0 unspecified atom stereocenters. The third-order valence-corrected chi connectivity index (χ3v) is 4.32. The van der Waals surface area contributed by atoms with Gasteiger partial charge in [0.15, 0.2) is 12.3 Å². The van der Waals surface area contributed by atoms with E-state index in [2.05, 4.69) is 27.3 Å². The zero-order chi connectivity index (χ0) is 19.3. The number of carbonyl (C=O) groups excluding carboxylic acids is 1. The number of nitrogens with one attached hydrogen (secondary N) is 1. The molecule has 0 aliphatic carbocycles. The minimum Gasteiger partial charge on any atom is -0.467 e. The van der Waals surface area contributed by atoms with Crippen LogP contribution < -0.4 is 10.1 Å². The van der Waals surface area contributed by atoms with Crippen LogP contribution in [0.5, 0.6) is 5.88 Å². The van der Waals surface area contributed by atoms with Gasteiger partial charge in [-0.3, -0.25) is 4.79 Å². The van der Waals surface area contributed by atoms with Crippen molar-refractivity contribution in [1.82, 2.24) is 19.7 Å². The Labute approximate surface area is 162 Å². The molecular formula is C21H19N5O2. The maximum atomic E-state index is 12.2. The van der Waals surface area contributed by atoms with Gasteiger partial charge in [0.2, 0.25) is 5.88 Å². The van der Waals surface area contributed by atoms with E-state index in [1.54, 1.807) is 10.9 Å². The van der Waals surface area contributed by atoms with Crippen LogP contribution in [0.25, 0.3) is 16.7 Å². The topological polar surface area (TPSA) is 81.9 Å². The molecule has 1 N–H and O–H groups in total. The molecule has 0 bridgehead atoms. The number of hydrogen-bond donors (Lipinski definition) is 1. The lowest BCUT2D eigenvalue weighted by Gasteiger charge is -2.08. The summed E-state index contributed by atoms with van der Waals surface area (Å²) in [6.45, 7) is 1.93. The van der Waals surface area contributed by atoms with Gasteiger partial charge in [0.25, 0.3) is 5.91 Å². The van der Waals surface area contributed by atoms with E-state index in [-0.39, 0.29) is 12.5 Å². The molecule has 140 valence electrons. The normalized spacial score (nSPS) is 10.8. The van der Waals surface area contributed by atoms with E-state index in [0.29, 0.717) is 16.9 Å². The van der Waals surface area contributed by atoms with Gasteiger partial charge in [-0.15, -0.1) is 0 Å². The van der Waals surface area contributed by atoms with Crippen LogP contribution in [-0.2, 0) is 11.2 Å². The first kappa shape index (κ1) is 17.7. The number of ether oxygens (including phenoxy) is 1. The Kier molecular flexibility index (Phi) is 4.97. The molecule has 0 saturated heterocycles. The number of aromatic nitrogens is 4. The van der Waals surface area contributed by atoms with Gasteiger partial charge in [0.1, 0.15) is 11.7 Å². The summed E-state index contributed by atoms with van der Waals surface area (Å²) >= 11 is 0. The number of hydrogen-bond acceptors (Lipinski definition) is 5. The molecule has 2 heterocycles. The Balaban J connectivity index is 1.47. The zero-order valence-corrected chi connectivity index (χ0v) is 15.4. The Bertz CT molecular complexity index is 1090. The molecule has 4 rings (SSSR count). The fourth-order valence-corrected chi connectivity index (χ4v) is 2.85. The summed E-state index contributed by atoms with van der Waals surface area (Å²) in [5.74, 6) is 0.0649. The van der Waals surface area contributed by atoms with Crippen LogP contribution >= 0.6 is 0 Å². The number of para-hydroxylation sites is 1. The quantitative estimate of drug-likeness (QED) is 0.560. The molecule has 0 aliphatic rings. The van der Waals surface area contributed by atoms with E-state index in [4.69, 9.17) is 4.74 Å². The van der Waals surface area contributed by atoms with E-state index < -0.39 is 0 Å². The Hall–Kier alpha value is -3.74. The Morgan fingerprint density at radius 2 is 1.86 bits per heavy atom. The van der Waals surface area contributed by atoms with E-state index >= 15 is 0 Å². The highest BCUT2D eigenvalue weighted by atomic mass is 16.5. The summed E-state index contributed by atoms with van der Waals surface area (Å²) in [6, 6.07) is 17.4. The van der Waals surface area contributed by atoms with E-state index in [1.165, 1.54) is 11.9 Å². The third kappa shape index (κ3) is 3.68. The Morgan fingerprint density at radius 1 is 1.07 bits per heavy atom. The number of fused-ring (bicyclic) bond motifs is 1. The summed E-state index contributed by atoms with van der Waals surface area (Å²) in [7, 11) is 0. The molecule has 2 aromatic carbocycles. The summed E-state index contributed by atoms with van der Waals surface area (Å²) in [5, 5.41) is 7.83. The van der Waals surface area contributed by atoms with Crippen molar-refractivity contribution >= 4 is 22.6 Å². The van der Waals surface area contributed by atoms with Crippen LogP contribution in [0.3, 0.4) is 0 Å². The van der Waals surface area contributed by atoms with Crippen molar-refractivity contribution in [2.45, 2.75) is 13.3 Å². The summed E-state index contributed by atoms with van der Waals surface area (Å²) < 4.78 is 7.34. The van der Waals surface area contributed by atoms with E-state index in [0.717, 1.165) is 17.8 Å². The van der Waals surface area contributed by atoms with Crippen LogP contribution in [0.4, 0.5) is 5.69 Å². The molecular weight excluding hydrogens is 354 g/mol. The van der Waals surface area contributed by atoms with Crippen LogP contribution in [0.1, 0.15) is 12.5 Å². The predicted octanol–water partition coefficient (Wildman–Crippen LogP) is 3.40. The molecule has 0 aliphatic heterocycles. The highest BCUT2D eigenvalue weighted by molar-refractivity contribution is 5.92. The van der Waals surface area contributed by atoms with Crippen molar-refractivity contribution in [3.63, 3.8) is 0 Å². The Morgan fingerprint density at radius 3 is 2.61 bits per heavy atom. The lowest BCUT2D eigenvalue weighted by Crippen LogP contribution is -2.20. The van der Waals surface area contributed by atoms with Crippen molar-refractivity contribution in [2.75, 3.05) is 11.9 Å². The number of nitrogens with zero attached hydrogens (tertiary/aromatic N) is 4. The number of rotatable bonds is 6. The number of carbonyl (C=O) groups is 1. The zero-order valence-electron chi connectivity index (χ0n) is 15.4. The standard InChI is InChI=1S/C21H19N5O2/c1-2-15-8-10-16(11-9-15)25-19(27)13-28-21-18-12-24-26(20(18)22-14-23-21)17-6-4-3-5-7-17/h3-12,14H,2,13H2,1H3,(H,25,27). The second-order valence-electron chi connectivity index (χ2n) is 6.20. The minimum absolute atomic E-state index is 0.155. The first-order chi connectivity index (χ1) is 13.7. The fraction of sp³-hybridized carbons (Fsp3) is 0.143. The maximum Gasteiger partial charge on any atom is 0.262 e. The van der Waals surface area contributed by atoms with Gasteiger partial charge in [-0.2, -0.15) is 5.10 Å². The smallest absolute Gasteiger partial charge is 0.262 e. The molecule has 0 saturated carbocycles. The summed E-state index contributed by atoms with van der Waals surface area (Å²) in [4.78, 5) is 20.6. The van der Waals surface area contributed by atoms with Gasteiger partial charge in [0, 0.05) is 5.69 Å². The molecule has 7 nitrogen and oxygen atoms in total. The fourth-order valence-electron chi connectivity index (χ4n) is 2.85. The van der Waals surface area contributed by atoms with Crippen molar-refractivity contribution < 1.29 is 9.53 Å². The average Bonchev–Trinajstić information content (AvgIpc) is 3.18. The lowest BCUT2D eigenvalue weighted by molar-refractivity contribution is -0.118. The molecule has 0 atom stereocenters. The van der Waals surface area contributed by atoms with Gasteiger partial charge >= 0.3 is 0 Å². The second kappa shape index (κ2) is 7.87. The number of aryl methyl sites for hydroxylation is 1. The van der Waals surface area contributed by atoms with E-state index in [9.17, 15) is 4.79 Å². The van der Waals surface area contributed by atoms with Gasteiger partial charge < -0.3 is 10.1 Å². The van der Waals surface area contributed by atoms with Gasteiger partial charge in [0.05, 0.1) is 11.9 Å². The molecule has 2 aromatic heterocycles. The van der Waals surface area contributed by atoms with Gasteiger partial charge in [-0.25, -0.2) is 14.6 Å². The average molecular weight is 373 g/mol. The van der Waals surface area contributed by atoms with Crippen LogP contribution in [-0.4, -0.2) is 32.3 Å². The molecule has 4 aromatic rings. The van der Waals surface area contributed by atoms with Crippen LogP contribution in [0, 0.1) is 0 Å². The first-order valence-electron chi connectivity index (χ1n) is 9.00. The maximum absolute atomic E-state index is 12.2. The van der Waals surface area contributed by atoms with Crippen molar-refractivity contribution in [3.8, 4) is 11.6 Å². The van der Waals surface area contributed by atoms with E-state index in [1.807, 2.05) is 54.6 Å². The molecule has 28 heavy (non-hydrogen) atoms. The van der Waals surface area contributed by atoms with Crippen molar-refractivity contribution in [2.24, 2.45) is 0 Å².